The maximum Gasteiger partial charge on any atom is 0.243 e. The van der Waals surface area contributed by atoms with Crippen molar-refractivity contribution in [2.45, 2.75) is 44.6 Å². The van der Waals surface area contributed by atoms with Crippen LogP contribution < -0.4 is 5.73 Å². The number of nitrogens with two attached hydrogens (primary N) is 1. The van der Waals surface area contributed by atoms with Crippen LogP contribution in [0, 0.1) is 18.7 Å². The summed E-state index contributed by atoms with van der Waals surface area (Å²) in [6, 6.07) is 2.76. The SMILES string of the molecule is CCC1CCN(S(=O)(=O)c2cc(C)c(F)c(CN)c2)CC1. The van der Waals surface area contributed by atoms with E-state index in [9.17, 15) is 12.8 Å². The van der Waals surface area contributed by atoms with Crippen LogP contribution in [0.1, 0.15) is 37.3 Å². The predicted octanol–water partition coefficient (Wildman–Crippen LogP) is 2.40. The maximum atomic E-state index is 13.8. The van der Waals surface area contributed by atoms with E-state index in [4.69, 9.17) is 5.73 Å². The number of hydrogen-bond acceptors (Lipinski definition) is 3. The highest BCUT2D eigenvalue weighted by molar-refractivity contribution is 7.89. The van der Waals surface area contributed by atoms with Crippen molar-refractivity contribution in [2.24, 2.45) is 11.7 Å². The first-order valence-electron chi connectivity index (χ1n) is 7.39. The average molecular weight is 314 g/mol. The number of sulfonamides is 1. The van der Waals surface area contributed by atoms with Crippen LogP contribution in [0.25, 0.3) is 0 Å². The first kappa shape index (κ1) is 16.4. The molecule has 0 saturated carbocycles. The molecule has 0 atom stereocenters. The second kappa shape index (κ2) is 6.42. The molecular formula is C15H23FN2O2S. The van der Waals surface area contributed by atoms with Crippen molar-refractivity contribution < 1.29 is 12.8 Å². The molecule has 1 aromatic rings. The summed E-state index contributed by atoms with van der Waals surface area (Å²) >= 11 is 0. The van der Waals surface area contributed by atoms with E-state index in [-0.39, 0.29) is 17.0 Å². The molecule has 21 heavy (non-hydrogen) atoms. The maximum absolute atomic E-state index is 13.8. The first-order chi connectivity index (χ1) is 9.90. The van der Waals surface area contributed by atoms with Gasteiger partial charge in [0, 0.05) is 25.2 Å². The Morgan fingerprint density at radius 3 is 2.48 bits per heavy atom. The molecule has 1 aromatic carbocycles. The van der Waals surface area contributed by atoms with E-state index in [1.54, 1.807) is 6.92 Å². The molecule has 118 valence electrons. The molecule has 1 saturated heterocycles. The van der Waals surface area contributed by atoms with E-state index >= 15 is 0 Å². The van der Waals surface area contributed by atoms with Crippen LogP contribution in [-0.4, -0.2) is 25.8 Å². The van der Waals surface area contributed by atoms with Crippen molar-refractivity contribution in [1.29, 1.82) is 0 Å². The lowest BCUT2D eigenvalue weighted by Crippen LogP contribution is -2.38. The van der Waals surface area contributed by atoms with Gasteiger partial charge >= 0.3 is 0 Å². The molecule has 1 fully saturated rings. The normalized spacial score (nSPS) is 18.1. The molecule has 1 aliphatic rings. The lowest BCUT2D eigenvalue weighted by Gasteiger charge is -2.30. The molecule has 0 aromatic heterocycles. The number of nitrogens with zero attached hydrogens (tertiary/aromatic N) is 1. The largest absolute Gasteiger partial charge is 0.326 e. The van der Waals surface area contributed by atoms with Gasteiger partial charge in [-0.05, 0) is 43.4 Å². The second-order valence-corrected chi connectivity index (χ2v) is 7.61. The number of hydrogen-bond donors (Lipinski definition) is 1. The Labute approximate surface area is 126 Å². The fourth-order valence-electron chi connectivity index (χ4n) is 2.81. The van der Waals surface area contributed by atoms with Crippen LogP contribution in [0.15, 0.2) is 17.0 Å². The zero-order valence-corrected chi connectivity index (χ0v) is 13.4. The Bertz CT molecular complexity index is 608. The Kier molecular flexibility index (Phi) is 5.01. The number of aryl methyl sites for hydroxylation is 1. The number of rotatable bonds is 4. The lowest BCUT2D eigenvalue weighted by molar-refractivity contribution is 0.269. The van der Waals surface area contributed by atoms with Gasteiger partial charge in [0.1, 0.15) is 5.82 Å². The summed E-state index contributed by atoms with van der Waals surface area (Å²) < 4.78 is 40.7. The Balaban J connectivity index is 2.30. The highest BCUT2D eigenvalue weighted by Crippen LogP contribution is 2.27. The molecule has 1 heterocycles. The van der Waals surface area contributed by atoms with E-state index in [0.29, 0.717) is 24.6 Å². The minimum atomic E-state index is -3.55. The molecule has 0 spiro atoms. The van der Waals surface area contributed by atoms with Gasteiger partial charge in [-0.1, -0.05) is 13.3 Å². The van der Waals surface area contributed by atoms with Crippen LogP contribution in [-0.2, 0) is 16.6 Å². The van der Waals surface area contributed by atoms with Gasteiger partial charge in [0.15, 0.2) is 0 Å². The first-order valence-corrected chi connectivity index (χ1v) is 8.83. The smallest absolute Gasteiger partial charge is 0.243 e. The van der Waals surface area contributed by atoms with Gasteiger partial charge in [-0.25, -0.2) is 12.8 Å². The summed E-state index contributed by atoms with van der Waals surface area (Å²) in [4.78, 5) is 0.150. The van der Waals surface area contributed by atoms with E-state index < -0.39 is 15.8 Å². The molecule has 0 amide bonds. The van der Waals surface area contributed by atoms with Crippen molar-refractivity contribution in [2.75, 3.05) is 13.1 Å². The highest BCUT2D eigenvalue weighted by Gasteiger charge is 2.29. The van der Waals surface area contributed by atoms with Gasteiger partial charge in [0.05, 0.1) is 4.90 Å². The highest BCUT2D eigenvalue weighted by atomic mass is 32.2. The van der Waals surface area contributed by atoms with E-state index in [1.165, 1.54) is 16.4 Å². The summed E-state index contributed by atoms with van der Waals surface area (Å²) in [7, 11) is -3.55. The van der Waals surface area contributed by atoms with Crippen molar-refractivity contribution >= 4 is 10.0 Å². The Morgan fingerprint density at radius 2 is 1.95 bits per heavy atom. The molecule has 2 rings (SSSR count). The lowest BCUT2D eigenvalue weighted by atomic mass is 9.96. The molecular weight excluding hydrogens is 291 g/mol. The van der Waals surface area contributed by atoms with Gasteiger partial charge in [0.25, 0.3) is 0 Å². The summed E-state index contributed by atoms with van der Waals surface area (Å²) in [6.07, 6.45) is 2.86. The van der Waals surface area contributed by atoms with E-state index in [0.717, 1.165) is 19.3 Å². The molecule has 0 radical (unpaired) electrons. The van der Waals surface area contributed by atoms with Gasteiger partial charge < -0.3 is 5.73 Å². The van der Waals surface area contributed by atoms with Crippen LogP contribution in [0.5, 0.6) is 0 Å². The number of piperidine rings is 1. The van der Waals surface area contributed by atoms with Gasteiger partial charge in [-0.2, -0.15) is 4.31 Å². The van der Waals surface area contributed by atoms with Crippen LogP contribution >= 0.6 is 0 Å². The number of halogens is 1. The zero-order chi connectivity index (χ0) is 15.6. The number of benzene rings is 1. The van der Waals surface area contributed by atoms with Crippen LogP contribution in [0.3, 0.4) is 0 Å². The Hall–Kier alpha value is -0.980. The second-order valence-electron chi connectivity index (χ2n) is 5.67. The van der Waals surface area contributed by atoms with Crippen molar-refractivity contribution in [1.82, 2.24) is 4.31 Å². The van der Waals surface area contributed by atoms with E-state index in [1.807, 2.05) is 0 Å². The molecule has 1 aliphatic heterocycles. The van der Waals surface area contributed by atoms with Gasteiger partial charge in [-0.3, -0.25) is 0 Å². The topological polar surface area (TPSA) is 63.4 Å². The molecule has 4 nitrogen and oxygen atoms in total. The van der Waals surface area contributed by atoms with Gasteiger partial charge in [0.2, 0.25) is 10.0 Å². The van der Waals surface area contributed by atoms with Gasteiger partial charge in [-0.15, -0.1) is 0 Å². The predicted molar refractivity (Wildman–Crippen MR) is 80.8 cm³/mol. The minimum absolute atomic E-state index is 0.00601. The molecule has 0 unspecified atom stereocenters. The van der Waals surface area contributed by atoms with Crippen molar-refractivity contribution in [3.05, 3.63) is 29.1 Å². The third-order valence-electron chi connectivity index (χ3n) is 4.31. The van der Waals surface area contributed by atoms with E-state index in [2.05, 4.69) is 6.92 Å². The summed E-state index contributed by atoms with van der Waals surface area (Å²) in [5.74, 6) is 0.187. The van der Waals surface area contributed by atoms with Crippen molar-refractivity contribution in [3.8, 4) is 0 Å². The monoisotopic (exact) mass is 314 g/mol. The molecule has 2 N–H and O–H groups in total. The summed E-state index contributed by atoms with van der Waals surface area (Å²) in [5, 5.41) is 0. The van der Waals surface area contributed by atoms with Crippen LogP contribution in [0.2, 0.25) is 0 Å². The fraction of sp³-hybridized carbons (Fsp3) is 0.600. The average Bonchev–Trinajstić information content (AvgIpc) is 2.49. The van der Waals surface area contributed by atoms with Crippen LogP contribution in [0.4, 0.5) is 4.39 Å². The molecule has 0 aliphatic carbocycles. The van der Waals surface area contributed by atoms with Crippen molar-refractivity contribution in [3.63, 3.8) is 0 Å². The Morgan fingerprint density at radius 1 is 1.33 bits per heavy atom. The minimum Gasteiger partial charge on any atom is -0.326 e. The third-order valence-corrected chi connectivity index (χ3v) is 6.19. The summed E-state index contributed by atoms with van der Waals surface area (Å²) in [6.45, 7) is 4.76. The zero-order valence-electron chi connectivity index (χ0n) is 12.6. The fourth-order valence-corrected chi connectivity index (χ4v) is 4.42. The quantitative estimate of drug-likeness (QED) is 0.928. The third kappa shape index (κ3) is 3.27. The molecule has 0 bridgehead atoms. The molecule has 6 heteroatoms. The standard InChI is InChI=1S/C15H23FN2O2S/c1-3-12-4-6-18(7-5-12)21(19,20)14-8-11(2)15(16)13(9-14)10-17/h8-9,12H,3-7,10,17H2,1-2H3. The summed E-state index contributed by atoms with van der Waals surface area (Å²) in [5.41, 5.74) is 6.06.